The van der Waals surface area contributed by atoms with Crippen molar-refractivity contribution in [3.63, 3.8) is 0 Å². The first kappa shape index (κ1) is 18.4. The quantitative estimate of drug-likeness (QED) is 0.197. The lowest BCUT2D eigenvalue weighted by Crippen LogP contribution is -2.15. The molecule has 0 spiro atoms. The minimum absolute atomic E-state index is 0.146. The van der Waals surface area contributed by atoms with Crippen molar-refractivity contribution in [2.24, 2.45) is 0 Å². The van der Waals surface area contributed by atoms with E-state index in [9.17, 15) is 0 Å². The van der Waals surface area contributed by atoms with Crippen molar-refractivity contribution in [2.75, 3.05) is 0 Å². The summed E-state index contributed by atoms with van der Waals surface area (Å²) >= 11 is 0. The zero-order chi connectivity index (χ0) is 31.6. The Balaban J connectivity index is 1.29. The number of benzene rings is 8. The highest BCUT2D eigenvalue weighted by Gasteiger charge is 2.36. The molecule has 0 saturated carbocycles. The first-order valence-electron chi connectivity index (χ1n) is 16.6. The van der Waals surface area contributed by atoms with E-state index in [1.165, 1.54) is 33.0 Å². The third kappa shape index (κ3) is 3.05. The largest absolute Gasteiger partial charge is 0.0629 e. The zero-order valence-corrected chi connectivity index (χ0v) is 22.8. The molecule has 0 aliphatic heterocycles. The van der Waals surface area contributed by atoms with Gasteiger partial charge in [0.15, 0.2) is 0 Å². The first-order chi connectivity index (χ1) is 22.2. The summed E-state index contributed by atoms with van der Waals surface area (Å²) in [6.07, 6.45) is 0. The van der Waals surface area contributed by atoms with Gasteiger partial charge in [0.05, 0.1) is 6.85 Å². The molecular formula is C41H28. The van der Waals surface area contributed by atoms with Gasteiger partial charge in [-0.2, -0.15) is 0 Å². The van der Waals surface area contributed by atoms with E-state index in [0.29, 0.717) is 5.56 Å². The Morgan fingerprint density at radius 1 is 0.488 bits per heavy atom. The molecule has 0 heteroatoms. The summed E-state index contributed by atoms with van der Waals surface area (Å²) in [5, 5.41) is 8.88. The van der Waals surface area contributed by atoms with Crippen LogP contribution < -0.4 is 0 Å². The van der Waals surface area contributed by atoms with Crippen LogP contribution in [0.1, 0.15) is 31.8 Å². The fourth-order valence-electron chi connectivity index (χ4n) is 7.33. The molecule has 8 aromatic rings. The van der Waals surface area contributed by atoms with Gasteiger partial charge in [0.2, 0.25) is 0 Å². The third-order valence-corrected chi connectivity index (χ3v) is 9.31. The highest BCUT2D eigenvalue weighted by atomic mass is 14.4. The van der Waals surface area contributed by atoms with Crippen molar-refractivity contribution in [3.05, 3.63) is 144 Å². The summed E-state index contributed by atoms with van der Waals surface area (Å²) in [7, 11) is 0. The second kappa shape index (κ2) is 8.05. The van der Waals surface area contributed by atoms with E-state index in [-0.39, 0.29) is 41.2 Å². The Bertz CT molecular complexity index is 2580. The average Bonchev–Trinajstić information content (AvgIpc) is 3.31. The fraction of sp³-hybridized carbons (Fsp3) is 0.0732. The van der Waals surface area contributed by atoms with Gasteiger partial charge in [-0.1, -0.05) is 141 Å². The first-order valence-corrected chi connectivity index (χ1v) is 14.1. The van der Waals surface area contributed by atoms with E-state index < -0.39 is 0 Å². The van der Waals surface area contributed by atoms with Crippen LogP contribution in [0, 0.1) is 0 Å². The summed E-state index contributed by atoms with van der Waals surface area (Å²) in [5.74, 6) is 0. The molecule has 0 fully saturated rings. The van der Waals surface area contributed by atoms with Crippen LogP contribution in [0.25, 0.3) is 76.5 Å². The van der Waals surface area contributed by atoms with E-state index in [4.69, 9.17) is 6.85 Å². The predicted octanol–water partition coefficient (Wildman–Crippen LogP) is 11.4. The molecule has 0 nitrogen and oxygen atoms in total. The van der Waals surface area contributed by atoms with Crippen molar-refractivity contribution in [1.29, 1.82) is 0 Å². The van der Waals surface area contributed by atoms with Gasteiger partial charge in [-0.25, -0.2) is 0 Å². The second-order valence-electron chi connectivity index (χ2n) is 11.7. The van der Waals surface area contributed by atoms with Crippen LogP contribution in [0.4, 0.5) is 0 Å². The Hall–Kier alpha value is -4.94. The molecule has 41 heavy (non-hydrogen) atoms. The molecule has 0 radical (unpaired) electrons. The van der Waals surface area contributed by atoms with Crippen LogP contribution in [0.15, 0.2) is 133 Å². The van der Waals surface area contributed by atoms with Gasteiger partial charge in [0, 0.05) is 5.41 Å². The third-order valence-electron chi connectivity index (χ3n) is 9.31. The molecule has 0 amide bonds. The maximum atomic E-state index is 8.67. The van der Waals surface area contributed by atoms with Crippen molar-refractivity contribution >= 4 is 43.1 Å². The van der Waals surface area contributed by atoms with E-state index >= 15 is 0 Å². The maximum Gasteiger partial charge on any atom is 0.0629 e. The molecule has 8 aromatic carbocycles. The monoisotopic (exact) mass is 525 g/mol. The van der Waals surface area contributed by atoms with Crippen LogP contribution in [0.2, 0.25) is 0 Å². The molecule has 0 saturated heterocycles. The SMILES string of the molecule is [2H]c1c([2H])c([2H])c(-c2ccc3ccc4c(-c5ccc6c(c5)C(C)(C)c5ccc7ccccc7c5-6)ccc5ccc2c3c54)c([2H])c1[2H]. The summed E-state index contributed by atoms with van der Waals surface area (Å²) in [4.78, 5) is 0. The number of hydrogen-bond donors (Lipinski definition) is 0. The molecule has 0 unspecified atom stereocenters. The van der Waals surface area contributed by atoms with Gasteiger partial charge >= 0.3 is 0 Å². The van der Waals surface area contributed by atoms with Gasteiger partial charge in [0.1, 0.15) is 0 Å². The lowest BCUT2D eigenvalue weighted by atomic mass is 9.81. The lowest BCUT2D eigenvalue weighted by molar-refractivity contribution is 0.661. The standard InChI is InChI=1S/C41H28/c1-41(2)36-23-17-26-10-6-7-11-32(26)40(36)35-22-16-29(24-37(35)41)31-19-13-28-14-20-33-30(25-8-4-3-5-9-25)18-12-27-15-21-34(31)39(28)38(27)33/h3-24H,1-2H3/i3D,4D,5D,8D,9D. The second-order valence-corrected chi connectivity index (χ2v) is 11.7. The van der Waals surface area contributed by atoms with E-state index in [1.807, 2.05) is 18.2 Å². The Morgan fingerprint density at radius 2 is 1.10 bits per heavy atom. The molecule has 9 rings (SSSR count). The summed E-state index contributed by atoms with van der Waals surface area (Å²) < 4.78 is 42.0. The van der Waals surface area contributed by atoms with Crippen LogP contribution in [0.3, 0.4) is 0 Å². The number of fused-ring (bicyclic) bond motifs is 5. The van der Waals surface area contributed by atoms with Crippen molar-refractivity contribution in [2.45, 2.75) is 19.3 Å². The van der Waals surface area contributed by atoms with Gasteiger partial charge < -0.3 is 0 Å². The molecule has 1 aliphatic rings. The molecule has 192 valence electrons. The van der Waals surface area contributed by atoms with Gasteiger partial charge in [0.25, 0.3) is 0 Å². The highest BCUT2D eigenvalue weighted by Crippen LogP contribution is 2.52. The van der Waals surface area contributed by atoms with Crippen LogP contribution in [0.5, 0.6) is 0 Å². The normalized spacial score (nSPS) is 15.5. The lowest BCUT2D eigenvalue weighted by Gasteiger charge is -2.22. The van der Waals surface area contributed by atoms with E-state index in [2.05, 4.69) is 98.8 Å². The van der Waals surface area contributed by atoms with E-state index in [1.54, 1.807) is 0 Å². The number of hydrogen-bond acceptors (Lipinski definition) is 0. The van der Waals surface area contributed by atoms with Gasteiger partial charge in [-0.3, -0.25) is 0 Å². The van der Waals surface area contributed by atoms with Gasteiger partial charge in [-0.05, 0) is 93.7 Å². The molecular weight excluding hydrogens is 492 g/mol. The summed E-state index contributed by atoms with van der Waals surface area (Å²) in [6.45, 7) is 4.64. The van der Waals surface area contributed by atoms with Crippen molar-refractivity contribution in [1.82, 2.24) is 0 Å². The average molecular weight is 526 g/mol. The van der Waals surface area contributed by atoms with Crippen molar-refractivity contribution in [3.8, 4) is 33.4 Å². The summed E-state index contributed by atoms with van der Waals surface area (Å²) in [6, 6.07) is 35.4. The highest BCUT2D eigenvalue weighted by molar-refractivity contribution is 6.27. The van der Waals surface area contributed by atoms with Crippen LogP contribution in [-0.4, -0.2) is 0 Å². The fourth-order valence-corrected chi connectivity index (χ4v) is 7.33. The molecule has 1 aliphatic carbocycles. The minimum atomic E-state index is -0.380. The maximum absolute atomic E-state index is 8.67. The summed E-state index contributed by atoms with van der Waals surface area (Å²) in [5.41, 5.74) is 8.35. The molecule has 0 atom stereocenters. The molecule has 0 heterocycles. The van der Waals surface area contributed by atoms with Crippen LogP contribution in [-0.2, 0) is 5.41 Å². The predicted molar refractivity (Wildman–Crippen MR) is 176 cm³/mol. The van der Waals surface area contributed by atoms with Crippen LogP contribution >= 0.6 is 0 Å². The topological polar surface area (TPSA) is 0 Å². The zero-order valence-electron chi connectivity index (χ0n) is 27.8. The number of rotatable bonds is 2. The molecule has 0 N–H and O–H groups in total. The van der Waals surface area contributed by atoms with Crippen molar-refractivity contribution < 1.29 is 6.85 Å². The Labute approximate surface area is 246 Å². The minimum Gasteiger partial charge on any atom is -0.0622 e. The molecule has 0 bridgehead atoms. The molecule has 0 aromatic heterocycles. The Kier molecular flexibility index (Phi) is 3.62. The van der Waals surface area contributed by atoms with Gasteiger partial charge in [-0.15, -0.1) is 0 Å². The smallest absolute Gasteiger partial charge is 0.0622 e. The Morgan fingerprint density at radius 3 is 1.83 bits per heavy atom. The van der Waals surface area contributed by atoms with E-state index in [0.717, 1.165) is 43.4 Å².